The molecule has 0 aliphatic heterocycles. The fraction of sp³-hybridized carbons (Fsp3) is 0.273. The van der Waals surface area contributed by atoms with Gasteiger partial charge in [-0.15, -0.1) is 0 Å². The molecular formula is C11H14O2S. The predicted molar refractivity (Wildman–Crippen MR) is 58.7 cm³/mol. The average molecular weight is 210 g/mol. The normalized spacial score (nSPS) is 13.4. The Balaban J connectivity index is 3.01. The van der Waals surface area contributed by atoms with Crippen molar-refractivity contribution in [3.63, 3.8) is 0 Å². The monoisotopic (exact) mass is 210 g/mol. The number of rotatable bonds is 3. The molecule has 0 aromatic heterocycles. The van der Waals surface area contributed by atoms with Gasteiger partial charge in [0.1, 0.15) is 0 Å². The van der Waals surface area contributed by atoms with Gasteiger partial charge in [0.25, 0.3) is 0 Å². The largest absolute Gasteiger partial charge is 0.302 e. The summed E-state index contributed by atoms with van der Waals surface area (Å²) in [5.41, 5.74) is 2.25. The van der Waals surface area contributed by atoms with E-state index in [1.165, 1.54) is 0 Å². The first-order valence-corrected chi connectivity index (χ1v) is 5.57. The van der Waals surface area contributed by atoms with E-state index in [0.29, 0.717) is 4.90 Å². The molecule has 3 heteroatoms. The Morgan fingerprint density at radius 3 is 2.79 bits per heavy atom. The van der Waals surface area contributed by atoms with E-state index in [4.69, 9.17) is 4.55 Å². The second-order valence-corrected chi connectivity index (χ2v) is 4.08. The highest BCUT2D eigenvalue weighted by atomic mass is 32.2. The zero-order valence-corrected chi connectivity index (χ0v) is 9.17. The lowest BCUT2D eigenvalue weighted by molar-refractivity contribution is 0.564. The lowest BCUT2D eigenvalue weighted by Gasteiger charge is -2.04. The molecular weight excluding hydrogens is 196 g/mol. The molecule has 1 rings (SSSR count). The van der Waals surface area contributed by atoms with Crippen LogP contribution in [0.1, 0.15) is 18.1 Å². The molecule has 1 unspecified atom stereocenters. The minimum absolute atomic E-state index is 0.468. The van der Waals surface area contributed by atoms with E-state index in [1.807, 2.05) is 32.1 Å². The zero-order valence-electron chi connectivity index (χ0n) is 8.36. The Morgan fingerprint density at radius 2 is 2.21 bits per heavy atom. The number of hydrogen-bond acceptors (Lipinski definition) is 1. The van der Waals surface area contributed by atoms with Gasteiger partial charge >= 0.3 is 0 Å². The molecule has 0 saturated carbocycles. The molecule has 14 heavy (non-hydrogen) atoms. The molecule has 2 nitrogen and oxygen atoms in total. The van der Waals surface area contributed by atoms with Crippen molar-refractivity contribution in [3.8, 4) is 0 Å². The maximum Gasteiger partial charge on any atom is 0.186 e. The Hall–Kier alpha value is -0.930. The molecule has 1 aromatic carbocycles. The SMILES string of the molecule is CC=CCc1cc(S(=O)O)ccc1C. The first kappa shape index (κ1) is 11.1. The van der Waals surface area contributed by atoms with Crippen molar-refractivity contribution in [2.45, 2.75) is 25.2 Å². The quantitative estimate of drug-likeness (QED) is 0.615. The summed E-state index contributed by atoms with van der Waals surface area (Å²) in [6, 6.07) is 5.35. The van der Waals surface area contributed by atoms with Gasteiger partial charge in [0.15, 0.2) is 11.1 Å². The van der Waals surface area contributed by atoms with Gasteiger partial charge in [0, 0.05) is 0 Å². The lowest BCUT2D eigenvalue weighted by atomic mass is 10.1. The summed E-state index contributed by atoms with van der Waals surface area (Å²) in [6.07, 6.45) is 4.82. The summed E-state index contributed by atoms with van der Waals surface area (Å²) in [6.45, 7) is 3.96. The van der Waals surface area contributed by atoms with E-state index in [0.717, 1.165) is 17.5 Å². The van der Waals surface area contributed by atoms with Crippen LogP contribution in [0.4, 0.5) is 0 Å². The molecule has 0 heterocycles. The highest BCUT2D eigenvalue weighted by molar-refractivity contribution is 7.79. The molecule has 0 aliphatic rings. The van der Waals surface area contributed by atoms with E-state index in [9.17, 15) is 4.21 Å². The smallest absolute Gasteiger partial charge is 0.186 e. The summed E-state index contributed by atoms with van der Waals surface area (Å²) in [4.78, 5) is 0.468. The van der Waals surface area contributed by atoms with Crippen LogP contribution in [0.25, 0.3) is 0 Å². The molecule has 1 N–H and O–H groups in total. The third kappa shape index (κ3) is 2.79. The van der Waals surface area contributed by atoms with E-state index < -0.39 is 11.1 Å². The van der Waals surface area contributed by atoms with Gasteiger partial charge < -0.3 is 4.55 Å². The summed E-state index contributed by atoms with van der Waals surface area (Å²) in [5, 5.41) is 0. The van der Waals surface area contributed by atoms with Gasteiger partial charge in [-0.05, 0) is 43.5 Å². The van der Waals surface area contributed by atoms with Crippen LogP contribution in [0.5, 0.6) is 0 Å². The number of aryl methyl sites for hydroxylation is 1. The molecule has 1 atom stereocenters. The van der Waals surface area contributed by atoms with Crippen LogP contribution in [-0.4, -0.2) is 8.76 Å². The Kier molecular flexibility index (Phi) is 4.04. The van der Waals surface area contributed by atoms with E-state index in [-0.39, 0.29) is 0 Å². The van der Waals surface area contributed by atoms with Crippen LogP contribution in [0, 0.1) is 6.92 Å². The Bertz CT molecular complexity index is 370. The van der Waals surface area contributed by atoms with Crippen molar-refractivity contribution in [3.05, 3.63) is 41.5 Å². The van der Waals surface area contributed by atoms with E-state index in [2.05, 4.69) is 0 Å². The van der Waals surface area contributed by atoms with Gasteiger partial charge in [0.05, 0.1) is 4.90 Å². The van der Waals surface area contributed by atoms with E-state index in [1.54, 1.807) is 12.1 Å². The standard InChI is InChI=1S/C11H14O2S/c1-3-4-5-10-8-11(14(12)13)7-6-9(10)2/h3-4,6-8H,5H2,1-2H3,(H,12,13). The molecule has 0 fully saturated rings. The number of benzene rings is 1. The second kappa shape index (κ2) is 5.08. The Morgan fingerprint density at radius 1 is 1.50 bits per heavy atom. The molecule has 0 bridgehead atoms. The molecule has 1 aromatic rings. The lowest BCUT2D eigenvalue weighted by Crippen LogP contribution is -1.93. The maximum atomic E-state index is 10.8. The third-order valence-corrected chi connectivity index (χ3v) is 2.75. The molecule has 76 valence electrons. The van der Waals surface area contributed by atoms with Crippen molar-refractivity contribution >= 4 is 11.1 Å². The highest BCUT2D eigenvalue weighted by Gasteiger charge is 2.02. The van der Waals surface area contributed by atoms with Crippen molar-refractivity contribution < 1.29 is 8.76 Å². The summed E-state index contributed by atoms with van der Waals surface area (Å²) in [5.74, 6) is 0. The van der Waals surface area contributed by atoms with Gasteiger partial charge in [-0.2, -0.15) is 0 Å². The van der Waals surface area contributed by atoms with Crippen LogP contribution < -0.4 is 0 Å². The average Bonchev–Trinajstić information content (AvgIpc) is 2.16. The van der Waals surface area contributed by atoms with Gasteiger partial charge in [-0.1, -0.05) is 18.2 Å². The van der Waals surface area contributed by atoms with Crippen molar-refractivity contribution in [2.24, 2.45) is 0 Å². The zero-order chi connectivity index (χ0) is 10.6. The predicted octanol–water partition coefficient (Wildman–Crippen LogP) is 2.69. The van der Waals surface area contributed by atoms with Crippen molar-refractivity contribution in [1.82, 2.24) is 0 Å². The molecule has 0 spiro atoms. The first-order valence-electron chi connectivity index (χ1n) is 4.46. The Labute approximate surface area is 86.9 Å². The first-order chi connectivity index (χ1) is 6.65. The van der Waals surface area contributed by atoms with Crippen LogP contribution in [0.15, 0.2) is 35.2 Å². The van der Waals surface area contributed by atoms with Crippen LogP contribution in [0.3, 0.4) is 0 Å². The molecule has 0 amide bonds. The minimum atomic E-state index is -1.88. The topological polar surface area (TPSA) is 37.3 Å². The maximum absolute atomic E-state index is 10.8. The number of hydrogen-bond donors (Lipinski definition) is 1. The number of allylic oxidation sites excluding steroid dienone is 2. The summed E-state index contributed by atoms with van der Waals surface area (Å²) >= 11 is -1.88. The highest BCUT2D eigenvalue weighted by Crippen LogP contribution is 2.14. The fourth-order valence-corrected chi connectivity index (χ4v) is 1.65. The van der Waals surface area contributed by atoms with Crippen molar-refractivity contribution in [2.75, 3.05) is 0 Å². The van der Waals surface area contributed by atoms with Crippen molar-refractivity contribution in [1.29, 1.82) is 0 Å². The molecule has 0 saturated heterocycles. The van der Waals surface area contributed by atoms with Crippen LogP contribution in [0.2, 0.25) is 0 Å². The van der Waals surface area contributed by atoms with Gasteiger partial charge in [-0.3, -0.25) is 0 Å². The fourth-order valence-electron chi connectivity index (χ4n) is 1.22. The van der Waals surface area contributed by atoms with E-state index >= 15 is 0 Å². The van der Waals surface area contributed by atoms with Crippen LogP contribution in [-0.2, 0) is 17.5 Å². The third-order valence-electron chi connectivity index (χ3n) is 2.10. The molecule has 0 aliphatic carbocycles. The van der Waals surface area contributed by atoms with Crippen LogP contribution >= 0.6 is 0 Å². The van der Waals surface area contributed by atoms with Gasteiger partial charge in [0.2, 0.25) is 0 Å². The van der Waals surface area contributed by atoms with Gasteiger partial charge in [-0.25, -0.2) is 4.21 Å². The summed E-state index contributed by atoms with van der Waals surface area (Å²) < 4.78 is 19.8. The summed E-state index contributed by atoms with van der Waals surface area (Å²) in [7, 11) is 0. The minimum Gasteiger partial charge on any atom is -0.302 e. The molecule has 0 radical (unpaired) electrons. The second-order valence-electron chi connectivity index (χ2n) is 3.11.